The second-order valence-electron chi connectivity index (χ2n) is 3.31. The predicted molar refractivity (Wildman–Crippen MR) is 47.5 cm³/mol. The molecule has 0 amide bonds. The smallest absolute Gasteiger partial charge is 1.00 e. The van der Waals surface area contributed by atoms with Crippen molar-refractivity contribution in [3.8, 4) is 0 Å². The summed E-state index contributed by atoms with van der Waals surface area (Å²) in [5.41, 5.74) is 0. The van der Waals surface area contributed by atoms with Crippen molar-refractivity contribution in [1.82, 2.24) is 0 Å². The van der Waals surface area contributed by atoms with Gasteiger partial charge in [0.15, 0.2) is 0 Å². The first-order valence-corrected chi connectivity index (χ1v) is 4.89. The minimum atomic E-state index is -2.16. The Morgan fingerprint density at radius 2 is 1.62 bits per heavy atom. The fourth-order valence-corrected chi connectivity index (χ4v) is 2.47. The van der Waals surface area contributed by atoms with Gasteiger partial charge in [0.1, 0.15) is 0 Å². The number of rotatable bonds is 2. The maximum atomic E-state index is 12.0. The van der Waals surface area contributed by atoms with E-state index in [9.17, 15) is 8.63 Å². The van der Waals surface area contributed by atoms with Crippen molar-refractivity contribution in [3.05, 3.63) is 0 Å². The van der Waals surface area contributed by atoms with Crippen LogP contribution in [0.15, 0.2) is 0 Å². The van der Waals surface area contributed by atoms with E-state index in [1.54, 1.807) is 0 Å². The van der Waals surface area contributed by atoms with E-state index in [-0.39, 0.29) is 66.7 Å². The van der Waals surface area contributed by atoms with Gasteiger partial charge in [-0.05, 0) is 12.8 Å². The van der Waals surface area contributed by atoms with Gasteiger partial charge in [0.2, 0.25) is 0 Å². The van der Waals surface area contributed by atoms with Crippen LogP contribution in [0.2, 0.25) is 6.32 Å². The van der Waals surface area contributed by atoms with Crippen LogP contribution in [0.4, 0.5) is 8.63 Å². The second kappa shape index (κ2) is 8.16. The van der Waals surface area contributed by atoms with Crippen molar-refractivity contribution in [1.29, 1.82) is 0 Å². The molecule has 0 heterocycles. The van der Waals surface area contributed by atoms with Gasteiger partial charge in [-0.15, -0.1) is 0 Å². The van der Waals surface area contributed by atoms with Crippen LogP contribution in [0.25, 0.3) is 0 Å². The second-order valence-corrected chi connectivity index (χ2v) is 4.99. The van der Waals surface area contributed by atoms with E-state index in [1.807, 2.05) is 0 Å². The van der Waals surface area contributed by atoms with E-state index < -0.39 is 7.27 Å². The average molecular weight is 283 g/mol. The van der Waals surface area contributed by atoms with Crippen LogP contribution >= 0.6 is 15.9 Å². The van der Waals surface area contributed by atoms with Crippen LogP contribution in [-0.4, -0.2) is 11.6 Å². The first kappa shape index (κ1) is 17.4. The SMILES string of the molecule is FB(F)CC1(Br)CCCCC1.[F-].[K+]. The van der Waals surface area contributed by atoms with E-state index in [0.29, 0.717) is 0 Å². The third kappa shape index (κ3) is 6.95. The summed E-state index contributed by atoms with van der Waals surface area (Å²) in [6.45, 7) is 0. The molecule has 0 aromatic heterocycles. The normalized spacial score (nSPS) is 19.6. The summed E-state index contributed by atoms with van der Waals surface area (Å²) in [5, 5.41) is 0. The number of hydrogen-bond donors (Lipinski definition) is 0. The third-order valence-electron chi connectivity index (χ3n) is 2.27. The Morgan fingerprint density at radius 1 is 1.15 bits per heavy atom. The fourth-order valence-electron chi connectivity index (χ4n) is 1.67. The Kier molecular flexibility index (Phi) is 10.9. The maximum Gasteiger partial charge on any atom is 1.00 e. The van der Waals surface area contributed by atoms with Gasteiger partial charge in [-0.25, -0.2) is 0 Å². The molecule has 0 bridgehead atoms. The third-order valence-corrected chi connectivity index (χ3v) is 3.39. The van der Waals surface area contributed by atoms with Crippen molar-refractivity contribution in [2.45, 2.75) is 42.7 Å². The van der Waals surface area contributed by atoms with E-state index >= 15 is 0 Å². The molecule has 0 N–H and O–H groups in total. The van der Waals surface area contributed by atoms with E-state index in [2.05, 4.69) is 15.9 Å². The first-order valence-electron chi connectivity index (χ1n) is 4.09. The van der Waals surface area contributed by atoms with E-state index in [0.717, 1.165) is 25.7 Å². The summed E-state index contributed by atoms with van der Waals surface area (Å²) >= 11 is 3.42. The molecule has 13 heavy (non-hydrogen) atoms. The van der Waals surface area contributed by atoms with Crippen LogP contribution in [0, 0.1) is 0 Å². The predicted octanol–water partition coefficient (Wildman–Crippen LogP) is -2.48. The summed E-state index contributed by atoms with van der Waals surface area (Å²) in [4.78, 5) is 0. The largest absolute Gasteiger partial charge is 1.00 e. The molecule has 1 saturated carbocycles. The van der Waals surface area contributed by atoms with Gasteiger partial charge in [0.05, 0.1) is 0 Å². The van der Waals surface area contributed by atoms with Gasteiger partial charge in [0, 0.05) is 10.6 Å². The molecule has 1 rings (SSSR count). The zero-order valence-corrected chi connectivity index (χ0v) is 12.5. The van der Waals surface area contributed by atoms with Crippen molar-refractivity contribution >= 4 is 23.2 Å². The summed E-state index contributed by atoms with van der Waals surface area (Å²) < 4.78 is 23.8. The Morgan fingerprint density at radius 3 is 2.00 bits per heavy atom. The zero-order valence-electron chi connectivity index (χ0n) is 7.83. The number of alkyl halides is 1. The molecule has 6 heteroatoms. The number of halogens is 4. The molecule has 0 saturated heterocycles. The standard InChI is InChI=1S/C7H12BBrF2.FH.K/c9-7(6-8(10)11)4-2-1-3-5-7;;/h1-6H2;1H;/q;;+1/p-1. The van der Waals surface area contributed by atoms with Gasteiger partial charge < -0.3 is 4.70 Å². The van der Waals surface area contributed by atoms with Crippen LogP contribution in [0.1, 0.15) is 32.1 Å². The van der Waals surface area contributed by atoms with Crippen molar-refractivity contribution in [2.75, 3.05) is 0 Å². The van der Waals surface area contributed by atoms with Gasteiger partial charge in [-0.1, -0.05) is 35.2 Å². The van der Waals surface area contributed by atoms with Crippen LogP contribution in [0.3, 0.4) is 0 Å². The van der Waals surface area contributed by atoms with E-state index in [4.69, 9.17) is 0 Å². The minimum Gasteiger partial charge on any atom is -1.00 e. The molecule has 0 aromatic rings. The molecule has 1 aliphatic carbocycles. The maximum absolute atomic E-state index is 12.0. The number of hydrogen-bond acceptors (Lipinski definition) is 0. The average Bonchev–Trinajstić information content (AvgIpc) is 1.85. The Balaban J connectivity index is 0. The molecular formula is C7H12BBrF3K. The van der Waals surface area contributed by atoms with Gasteiger partial charge >= 0.3 is 58.7 Å². The van der Waals surface area contributed by atoms with Crippen LogP contribution < -0.4 is 56.1 Å². The zero-order chi connectivity index (χ0) is 8.32. The summed E-state index contributed by atoms with van der Waals surface area (Å²) in [7, 11) is -2.16. The molecule has 0 aromatic carbocycles. The molecular weight excluding hydrogens is 271 g/mol. The molecule has 72 valence electrons. The molecule has 0 aliphatic heterocycles. The Hall–Kier alpha value is 1.97. The fraction of sp³-hybridized carbons (Fsp3) is 1.00. The van der Waals surface area contributed by atoms with Crippen LogP contribution in [-0.2, 0) is 0 Å². The van der Waals surface area contributed by atoms with Gasteiger partial charge in [-0.2, -0.15) is 0 Å². The van der Waals surface area contributed by atoms with Crippen molar-refractivity contribution in [2.24, 2.45) is 0 Å². The molecule has 0 unspecified atom stereocenters. The van der Waals surface area contributed by atoms with Gasteiger partial charge in [-0.3, -0.25) is 8.63 Å². The van der Waals surface area contributed by atoms with Crippen molar-refractivity contribution in [3.63, 3.8) is 0 Å². The Labute approximate surface area is 129 Å². The molecule has 0 nitrogen and oxygen atoms in total. The summed E-state index contributed by atoms with van der Waals surface area (Å²) in [6, 6.07) is 0. The minimum absolute atomic E-state index is 0. The topological polar surface area (TPSA) is 0 Å². The quantitative estimate of drug-likeness (QED) is 0.389. The van der Waals surface area contributed by atoms with Crippen molar-refractivity contribution < 1.29 is 64.7 Å². The van der Waals surface area contributed by atoms with Gasteiger partial charge in [0.25, 0.3) is 0 Å². The van der Waals surface area contributed by atoms with E-state index in [1.165, 1.54) is 6.42 Å². The molecule has 1 fully saturated rings. The summed E-state index contributed by atoms with van der Waals surface area (Å²) in [5.74, 6) is 0. The Bertz CT molecular complexity index is 131. The molecule has 1 aliphatic rings. The monoisotopic (exact) mass is 282 g/mol. The molecule has 0 spiro atoms. The first-order chi connectivity index (χ1) is 5.12. The molecule has 0 radical (unpaired) electrons. The molecule has 0 atom stereocenters. The van der Waals surface area contributed by atoms with Crippen LogP contribution in [0.5, 0.6) is 0 Å². The summed E-state index contributed by atoms with van der Waals surface area (Å²) in [6.07, 6.45) is 5.24.